The molecule has 2 aromatic heterocycles. The Bertz CT molecular complexity index is 1030. The summed E-state index contributed by atoms with van der Waals surface area (Å²) >= 11 is 7.37. The lowest BCUT2D eigenvalue weighted by molar-refractivity contribution is -0.113. The summed E-state index contributed by atoms with van der Waals surface area (Å²) < 4.78 is 7.13. The number of halogens is 1. The smallest absolute Gasteiger partial charge is 0.234 e. The van der Waals surface area contributed by atoms with Crippen molar-refractivity contribution in [3.63, 3.8) is 0 Å². The molecule has 0 aliphatic heterocycles. The van der Waals surface area contributed by atoms with Crippen molar-refractivity contribution in [1.82, 2.24) is 24.7 Å². The first-order valence-electron chi connectivity index (χ1n) is 8.60. The molecule has 3 aromatic rings. The third kappa shape index (κ3) is 4.93. The van der Waals surface area contributed by atoms with E-state index in [2.05, 4.69) is 32.1 Å². The fraction of sp³-hybridized carbons (Fsp3) is 0.211. The molecule has 3 rings (SSSR count). The molecule has 0 saturated heterocycles. The maximum atomic E-state index is 12.5. The SMILES string of the molecule is C=CCn1c(SCC(=O)Nc2cc(C)c(Cl)cc2OC)nnc1-c1cnccn1. The highest BCUT2D eigenvalue weighted by Crippen LogP contribution is 2.31. The molecule has 0 fully saturated rings. The van der Waals surface area contributed by atoms with Gasteiger partial charge in [0.2, 0.25) is 5.91 Å². The summed E-state index contributed by atoms with van der Waals surface area (Å²) in [4.78, 5) is 20.8. The molecule has 0 radical (unpaired) electrons. The Morgan fingerprint density at radius 3 is 2.90 bits per heavy atom. The van der Waals surface area contributed by atoms with E-state index in [1.807, 2.05) is 11.5 Å². The molecule has 0 atom stereocenters. The van der Waals surface area contributed by atoms with Gasteiger partial charge in [0, 0.05) is 30.0 Å². The second-order valence-corrected chi connectivity index (χ2v) is 7.28. The first-order valence-corrected chi connectivity index (χ1v) is 9.97. The highest BCUT2D eigenvalue weighted by atomic mass is 35.5. The fourth-order valence-electron chi connectivity index (χ4n) is 2.54. The summed E-state index contributed by atoms with van der Waals surface area (Å²) in [5.74, 6) is 0.999. The molecule has 8 nitrogen and oxygen atoms in total. The number of aryl methyl sites for hydroxylation is 1. The van der Waals surface area contributed by atoms with Crippen molar-refractivity contribution in [3.8, 4) is 17.3 Å². The number of aromatic nitrogens is 5. The highest BCUT2D eigenvalue weighted by Gasteiger charge is 2.17. The van der Waals surface area contributed by atoms with Crippen LogP contribution in [0, 0.1) is 6.92 Å². The van der Waals surface area contributed by atoms with Crippen LogP contribution in [0.3, 0.4) is 0 Å². The van der Waals surface area contributed by atoms with Gasteiger partial charge in [0.25, 0.3) is 0 Å². The summed E-state index contributed by atoms with van der Waals surface area (Å²) in [5.41, 5.74) is 2.00. The zero-order chi connectivity index (χ0) is 20.8. The molecule has 150 valence electrons. The number of amides is 1. The van der Waals surface area contributed by atoms with Gasteiger partial charge >= 0.3 is 0 Å². The Balaban J connectivity index is 1.73. The molecule has 0 spiro atoms. The van der Waals surface area contributed by atoms with Gasteiger partial charge in [-0.25, -0.2) is 4.98 Å². The molecule has 0 aliphatic rings. The van der Waals surface area contributed by atoms with Crippen LogP contribution >= 0.6 is 23.4 Å². The molecule has 0 unspecified atom stereocenters. The number of nitrogens with zero attached hydrogens (tertiary/aromatic N) is 5. The number of methoxy groups -OCH3 is 1. The fourth-order valence-corrected chi connectivity index (χ4v) is 3.44. The summed E-state index contributed by atoms with van der Waals surface area (Å²) in [6.45, 7) is 6.11. The van der Waals surface area contributed by atoms with E-state index < -0.39 is 0 Å². The van der Waals surface area contributed by atoms with Gasteiger partial charge in [-0.2, -0.15) is 0 Å². The first-order chi connectivity index (χ1) is 14.0. The number of hydrogen-bond donors (Lipinski definition) is 1. The minimum atomic E-state index is -0.204. The van der Waals surface area contributed by atoms with Crippen molar-refractivity contribution in [2.24, 2.45) is 0 Å². The number of nitrogens with one attached hydrogen (secondary N) is 1. The summed E-state index contributed by atoms with van der Waals surface area (Å²) in [7, 11) is 1.52. The van der Waals surface area contributed by atoms with E-state index in [9.17, 15) is 4.79 Å². The van der Waals surface area contributed by atoms with E-state index >= 15 is 0 Å². The minimum Gasteiger partial charge on any atom is -0.495 e. The van der Waals surface area contributed by atoms with Gasteiger partial charge in [0.1, 0.15) is 11.4 Å². The zero-order valence-corrected chi connectivity index (χ0v) is 17.5. The number of hydrogen-bond acceptors (Lipinski definition) is 7. The third-order valence-electron chi connectivity index (χ3n) is 3.91. The topological polar surface area (TPSA) is 94.8 Å². The normalized spacial score (nSPS) is 10.6. The van der Waals surface area contributed by atoms with Crippen molar-refractivity contribution in [2.45, 2.75) is 18.6 Å². The number of rotatable bonds is 8. The van der Waals surface area contributed by atoms with Gasteiger partial charge in [-0.05, 0) is 18.6 Å². The van der Waals surface area contributed by atoms with E-state index in [0.717, 1.165) is 5.56 Å². The number of anilines is 1. The van der Waals surface area contributed by atoms with Crippen molar-refractivity contribution in [2.75, 3.05) is 18.2 Å². The van der Waals surface area contributed by atoms with E-state index in [4.69, 9.17) is 16.3 Å². The van der Waals surface area contributed by atoms with Crippen LogP contribution in [0.2, 0.25) is 5.02 Å². The average molecular weight is 431 g/mol. The zero-order valence-electron chi connectivity index (χ0n) is 15.9. The monoisotopic (exact) mass is 430 g/mol. The first kappa shape index (κ1) is 20.8. The molecule has 29 heavy (non-hydrogen) atoms. The van der Waals surface area contributed by atoms with Crippen molar-refractivity contribution in [3.05, 3.63) is 54.0 Å². The van der Waals surface area contributed by atoms with Crippen LogP contribution in [0.1, 0.15) is 5.56 Å². The summed E-state index contributed by atoms with van der Waals surface area (Å²) in [6.07, 6.45) is 6.52. The van der Waals surface area contributed by atoms with Gasteiger partial charge in [0.15, 0.2) is 11.0 Å². The van der Waals surface area contributed by atoms with E-state index in [1.54, 1.807) is 36.8 Å². The van der Waals surface area contributed by atoms with Gasteiger partial charge in [-0.15, -0.1) is 16.8 Å². The standard InChI is InChI=1S/C19H19ClN6O2S/c1-4-7-26-18(15-10-21-5-6-22-15)24-25-19(26)29-11-17(27)23-14-8-12(2)13(20)9-16(14)28-3/h4-6,8-10H,1,7,11H2,2-3H3,(H,23,27). The molecule has 0 saturated carbocycles. The average Bonchev–Trinajstić information content (AvgIpc) is 3.12. The Morgan fingerprint density at radius 1 is 1.38 bits per heavy atom. The second-order valence-electron chi connectivity index (χ2n) is 5.93. The largest absolute Gasteiger partial charge is 0.495 e. The molecule has 2 heterocycles. The molecular weight excluding hydrogens is 412 g/mol. The molecule has 1 amide bonds. The van der Waals surface area contributed by atoms with Crippen LogP contribution in [0.25, 0.3) is 11.5 Å². The van der Waals surface area contributed by atoms with E-state index in [0.29, 0.717) is 39.7 Å². The van der Waals surface area contributed by atoms with Crippen molar-refractivity contribution < 1.29 is 9.53 Å². The Hall–Kier alpha value is -2.91. The van der Waals surface area contributed by atoms with Gasteiger partial charge in [-0.3, -0.25) is 14.3 Å². The highest BCUT2D eigenvalue weighted by molar-refractivity contribution is 7.99. The minimum absolute atomic E-state index is 0.139. The third-order valence-corrected chi connectivity index (χ3v) is 5.28. The van der Waals surface area contributed by atoms with Gasteiger partial charge in [0.05, 0.1) is 24.7 Å². The van der Waals surface area contributed by atoms with Crippen LogP contribution < -0.4 is 10.1 Å². The van der Waals surface area contributed by atoms with Crippen LogP contribution in [0.4, 0.5) is 5.69 Å². The van der Waals surface area contributed by atoms with Crippen molar-refractivity contribution >= 4 is 35.0 Å². The molecule has 0 aliphatic carbocycles. The molecule has 1 aromatic carbocycles. The number of carbonyl (C=O) groups is 1. The molecule has 1 N–H and O–H groups in total. The predicted molar refractivity (Wildman–Crippen MR) is 113 cm³/mol. The lowest BCUT2D eigenvalue weighted by Crippen LogP contribution is -2.15. The number of carbonyl (C=O) groups excluding carboxylic acids is 1. The molecular formula is C19H19ClN6O2S. The maximum absolute atomic E-state index is 12.5. The van der Waals surface area contributed by atoms with Crippen LogP contribution in [0.5, 0.6) is 5.75 Å². The van der Waals surface area contributed by atoms with Gasteiger partial charge < -0.3 is 10.1 Å². The molecule has 10 heteroatoms. The Kier molecular flexibility index (Phi) is 6.84. The van der Waals surface area contributed by atoms with Crippen LogP contribution in [-0.2, 0) is 11.3 Å². The van der Waals surface area contributed by atoms with Gasteiger partial charge in [-0.1, -0.05) is 29.4 Å². The Morgan fingerprint density at radius 2 is 2.21 bits per heavy atom. The summed E-state index contributed by atoms with van der Waals surface area (Å²) in [6, 6.07) is 3.45. The van der Waals surface area contributed by atoms with E-state index in [1.165, 1.54) is 18.9 Å². The second kappa shape index (κ2) is 9.53. The van der Waals surface area contributed by atoms with Crippen LogP contribution in [-0.4, -0.2) is 43.5 Å². The quantitative estimate of drug-likeness (QED) is 0.430. The maximum Gasteiger partial charge on any atom is 0.234 e. The number of ether oxygens (including phenoxy) is 1. The number of thioether (sulfide) groups is 1. The Labute approximate surface area is 177 Å². The summed E-state index contributed by atoms with van der Waals surface area (Å²) in [5, 5.41) is 12.4. The van der Waals surface area contributed by atoms with Crippen LogP contribution in [0.15, 0.2) is 48.5 Å². The molecule has 0 bridgehead atoms. The number of benzene rings is 1. The van der Waals surface area contributed by atoms with E-state index in [-0.39, 0.29) is 11.7 Å². The predicted octanol–water partition coefficient (Wildman–Crippen LogP) is 3.62. The van der Waals surface area contributed by atoms with Crippen molar-refractivity contribution in [1.29, 1.82) is 0 Å². The lowest BCUT2D eigenvalue weighted by Gasteiger charge is -2.12. The lowest BCUT2D eigenvalue weighted by atomic mass is 10.2. The number of allylic oxidation sites excluding steroid dienone is 1.